The molecule has 0 aliphatic carbocycles. The van der Waals surface area contributed by atoms with Crippen molar-refractivity contribution in [3.63, 3.8) is 0 Å². The molecule has 1 amide bonds. The minimum absolute atomic E-state index is 0.170. The predicted octanol–water partition coefficient (Wildman–Crippen LogP) is 1.95. The Bertz CT molecular complexity index is 427. The number of ether oxygens (including phenoxy) is 1. The molecule has 0 atom stereocenters. The molecule has 1 rings (SSSR count). The molecular formula is C12H16N2O2S. The maximum Gasteiger partial charge on any atom is 0.236 e. The van der Waals surface area contributed by atoms with Gasteiger partial charge in [0.05, 0.1) is 17.5 Å². The average Bonchev–Trinajstić information content (AvgIpc) is 2.29. The number of carbonyl (C=O) groups excluding carboxylic acids is 1. The van der Waals surface area contributed by atoms with Gasteiger partial charge in [-0.1, -0.05) is 12.2 Å². The first-order chi connectivity index (χ1) is 7.87. The summed E-state index contributed by atoms with van der Waals surface area (Å²) >= 11 is 4.86. The number of nitrogens with two attached hydrogens (primary N) is 1. The van der Waals surface area contributed by atoms with Crippen LogP contribution in [0.5, 0.6) is 5.75 Å². The van der Waals surface area contributed by atoms with E-state index in [0.29, 0.717) is 5.69 Å². The lowest BCUT2D eigenvalue weighted by Crippen LogP contribution is -2.41. The number of hydrogen-bond acceptors (Lipinski definition) is 3. The Morgan fingerprint density at radius 2 is 1.88 bits per heavy atom. The van der Waals surface area contributed by atoms with E-state index in [1.54, 1.807) is 45.2 Å². The molecule has 0 fully saturated rings. The Morgan fingerprint density at radius 3 is 2.29 bits per heavy atom. The largest absolute Gasteiger partial charge is 0.497 e. The molecule has 0 aliphatic heterocycles. The summed E-state index contributed by atoms with van der Waals surface area (Å²) in [5.74, 6) is 0.506. The third kappa shape index (κ3) is 3.17. The van der Waals surface area contributed by atoms with Crippen molar-refractivity contribution in [3.8, 4) is 5.75 Å². The van der Waals surface area contributed by atoms with Crippen molar-refractivity contribution < 1.29 is 9.53 Å². The molecule has 0 heterocycles. The highest BCUT2D eigenvalue weighted by Gasteiger charge is 2.30. The molecule has 1 aromatic rings. The highest BCUT2D eigenvalue weighted by Crippen LogP contribution is 2.20. The van der Waals surface area contributed by atoms with Crippen LogP contribution in [0.15, 0.2) is 24.3 Å². The minimum atomic E-state index is -0.866. The molecule has 0 saturated heterocycles. The zero-order valence-corrected chi connectivity index (χ0v) is 10.9. The Hall–Kier alpha value is -1.62. The van der Waals surface area contributed by atoms with Crippen LogP contribution in [-0.2, 0) is 4.79 Å². The molecule has 0 aliphatic rings. The topological polar surface area (TPSA) is 64.3 Å². The van der Waals surface area contributed by atoms with Gasteiger partial charge in [-0.25, -0.2) is 0 Å². The summed E-state index contributed by atoms with van der Waals surface area (Å²) in [6.07, 6.45) is 0. The molecule has 0 bridgehead atoms. The number of thiocarbonyl (C=S) groups is 1. The summed E-state index contributed by atoms with van der Waals surface area (Å²) in [5.41, 5.74) is 5.34. The number of benzene rings is 1. The number of carbonyl (C=O) groups is 1. The van der Waals surface area contributed by atoms with Crippen LogP contribution in [-0.4, -0.2) is 18.0 Å². The fourth-order valence-electron chi connectivity index (χ4n) is 1.07. The molecule has 5 heteroatoms. The van der Waals surface area contributed by atoms with Crippen LogP contribution >= 0.6 is 12.2 Å². The standard InChI is InChI=1S/C12H16N2O2S/c1-12(2,10(13)17)11(15)14-8-4-6-9(16-3)7-5-8/h4-7H,1-3H3,(H2,13,17)(H,14,15). The number of hydrogen-bond donors (Lipinski definition) is 2. The van der Waals surface area contributed by atoms with Crippen LogP contribution < -0.4 is 15.8 Å². The van der Waals surface area contributed by atoms with Crippen molar-refractivity contribution >= 4 is 28.8 Å². The number of nitrogens with one attached hydrogen (secondary N) is 1. The number of amides is 1. The van der Waals surface area contributed by atoms with Crippen molar-refractivity contribution in [2.75, 3.05) is 12.4 Å². The van der Waals surface area contributed by atoms with Gasteiger partial charge in [0.15, 0.2) is 0 Å². The summed E-state index contributed by atoms with van der Waals surface area (Å²) in [7, 11) is 1.59. The van der Waals surface area contributed by atoms with Crippen molar-refractivity contribution in [1.82, 2.24) is 0 Å². The Labute approximate surface area is 106 Å². The fraction of sp³-hybridized carbons (Fsp3) is 0.333. The van der Waals surface area contributed by atoms with E-state index in [9.17, 15) is 4.79 Å². The summed E-state index contributed by atoms with van der Waals surface area (Å²) in [5, 5.41) is 2.75. The molecular weight excluding hydrogens is 236 g/mol. The Kier molecular flexibility index (Phi) is 4.07. The molecule has 4 nitrogen and oxygen atoms in total. The molecule has 0 radical (unpaired) electrons. The Morgan fingerprint density at radius 1 is 1.35 bits per heavy atom. The van der Waals surface area contributed by atoms with E-state index in [4.69, 9.17) is 22.7 Å². The predicted molar refractivity (Wildman–Crippen MR) is 72.2 cm³/mol. The van der Waals surface area contributed by atoms with Crippen LogP contribution in [0.1, 0.15) is 13.8 Å². The molecule has 0 aromatic heterocycles. The van der Waals surface area contributed by atoms with Gasteiger partial charge < -0.3 is 15.8 Å². The first kappa shape index (κ1) is 13.4. The third-order valence-corrected chi connectivity index (χ3v) is 3.04. The zero-order chi connectivity index (χ0) is 13.1. The maximum atomic E-state index is 11.9. The van der Waals surface area contributed by atoms with Gasteiger partial charge >= 0.3 is 0 Å². The highest BCUT2D eigenvalue weighted by atomic mass is 32.1. The van der Waals surface area contributed by atoms with E-state index in [2.05, 4.69) is 5.32 Å². The van der Waals surface area contributed by atoms with Gasteiger partial charge in [-0.15, -0.1) is 0 Å². The smallest absolute Gasteiger partial charge is 0.236 e. The first-order valence-electron chi connectivity index (χ1n) is 5.13. The average molecular weight is 252 g/mol. The van der Waals surface area contributed by atoms with Gasteiger partial charge in [0.25, 0.3) is 0 Å². The highest BCUT2D eigenvalue weighted by molar-refractivity contribution is 7.80. The summed E-state index contributed by atoms with van der Waals surface area (Å²) in [6.45, 7) is 3.38. The number of rotatable bonds is 4. The monoisotopic (exact) mass is 252 g/mol. The van der Waals surface area contributed by atoms with Gasteiger partial charge in [0.1, 0.15) is 5.75 Å². The molecule has 0 unspecified atom stereocenters. The van der Waals surface area contributed by atoms with Crippen LogP contribution in [0.3, 0.4) is 0 Å². The number of methoxy groups -OCH3 is 1. The van der Waals surface area contributed by atoms with Crippen LogP contribution in [0.25, 0.3) is 0 Å². The maximum absolute atomic E-state index is 11.9. The van der Waals surface area contributed by atoms with Gasteiger partial charge in [-0.2, -0.15) is 0 Å². The summed E-state index contributed by atoms with van der Waals surface area (Å²) < 4.78 is 5.03. The molecule has 0 saturated carbocycles. The second-order valence-electron chi connectivity index (χ2n) is 4.17. The summed E-state index contributed by atoms with van der Waals surface area (Å²) in [4.78, 5) is 12.1. The van der Waals surface area contributed by atoms with Crippen LogP contribution in [0.2, 0.25) is 0 Å². The van der Waals surface area contributed by atoms with Crippen molar-refractivity contribution in [2.45, 2.75) is 13.8 Å². The SMILES string of the molecule is COc1ccc(NC(=O)C(C)(C)C(N)=S)cc1. The van der Waals surface area contributed by atoms with Gasteiger partial charge in [-0.3, -0.25) is 4.79 Å². The normalized spacial score (nSPS) is 10.8. The van der Waals surface area contributed by atoms with Gasteiger partial charge in [0.2, 0.25) is 5.91 Å². The summed E-state index contributed by atoms with van der Waals surface area (Å²) in [6, 6.07) is 7.05. The quantitative estimate of drug-likeness (QED) is 0.804. The minimum Gasteiger partial charge on any atom is -0.497 e. The van der Waals surface area contributed by atoms with Crippen molar-refractivity contribution in [3.05, 3.63) is 24.3 Å². The Balaban J connectivity index is 2.77. The third-order valence-electron chi connectivity index (χ3n) is 2.53. The molecule has 92 valence electrons. The first-order valence-corrected chi connectivity index (χ1v) is 5.54. The van der Waals surface area contributed by atoms with E-state index in [-0.39, 0.29) is 10.9 Å². The zero-order valence-electron chi connectivity index (χ0n) is 10.1. The van der Waals surface area contributed by atoms with Crippen molar-refractivity contribution in [2.24, 2.45) is 11.1 Å². The van der Waals surface area contributed by atoms with E-state index in [0.717, 1.165) is 5.75 Å². The fourth-order valence-corrected chi connectivity index (χ4v) is 1.17. The lowest BCUT2D eigenvalue weighted by molar-refractivity contribution is -0.121. The lowest BCUT2D eigenvalue weighted by atomic mass is 9.92. The van der Waals surface area contributed by atoms with Crippen molar-refractivity contribution in [1.29, 1.82) is 0 Å². The molecule has 0 spiro atoms. The van der Waals surface area contributed by atoms with E-state index >= 15 is 0 Å². The second-order valence-corrected chi connectivity index (χ2v) is 4.61. The van der Waals surface area contributed by atoms with Crippen LogP contribution in [0.4, 0.5) is 5.69 Å². The molecule has 3 N–H and O–H groups in total. The van der Waals surface area contributed by atoms with Crippen LogP contribution in [0, 0.1) is 5.41 Å². The number of anilines is 1. The molecule has 17 heavy (non-hydrogen) atoms. The molecule has 1 aromatic carbocycles. The van der Waals surface area contributed by atoms with Gasteiger partial charge in [-0.05, 0) is 38.1 Å². The second kappa shape index (κ2) is 5.14. The van der Waals surface area contributed by atoms with E-state index < -0.39 is 5.41 Å². The van der Waals surface area contributed by atoms with Gasteiger partial charge in [0, 0.05) is 5.69 Å². The van der Waals surface area contributed by atoms with E-state index in [1.165, 1.54) is 0 Å². The van der Waals surface area contributed by atoms with E-state index in [1.807, 2.05) is 0 Å². The lowest BCUT2D eigenvalue weighted by Gasteiger charge is -2.21.